The van der Waals surface area contributed by atoms with Gasteiger partial charge >= 0.3 is 11.9 Å². The highest BCUT2D eigenvalue weighted by Crippen LogP contribution is 2.02. The summed E-state index contributed by atoms with van der Waals surface area (Å²) >= 11 is 0. The van der Waals surface area contributed by atoms with Gasteiger partial charge in [0.2, 0.25) is 0 Å². The molecular weight excluding hydrogens is 336 g/mol. The van der Waals surface area contributed by atoms with Gasteiger partial charge in [-0.1, -0.05) is 0 Å². The molecule has 148 valence electrons. The Balaban J connectivity index is 4.07. The van der Waals surface area contributed by atoms with Crippen LogP contribution in [0.3, 0.4) is 0 Å². The molecule has 0 aliphatic carbocycles. The van der Waals surface area contributed by atoms with Gasteiger partial charge in [0.1, 0.15) is 12.2 Å². The number of carboxylic acid groups (broad SMARTS) is 1. The molecule has 4 atom stereocenters. The third kappa shape index (κ3) is 16.0. The van der Waals surface area contributed by atoms with Crippen molar-refractivity contribution in [2.24, 2.45) is 0 Å². The SMILES string of the molecule is CC(O)COCC(COCC(C)OC(=O)CCC(=O)O)OCC(C)O. The van der Waals surface area contributed by atoms with Crippen LogP contribution in [-0.2, 0) is 28.5 Å². The number of rotatable bonds is 15. The number of hydrogen-bond donors (Lipinski definition) is 3. The van der Waals surface area contributed by atoms with Crippen LogP contribution in [0.15, 0.2) is 0 Å². The van der Waals surface area contributed by atoms with Gasteiger partial charge in [0, 0.05) is 0 Å². The van der Waals surface area contributed by atoms with E-state index in [0.29, 0.717) is 0 Å². The molecule has 3 N–H and O–H groups in total. The number of aliphatic carboxylic acids is 1. The second-order valence-electron chi connectivity index (χ2n) is 5.92. The summed E-state index contributed by atoms with van der Waals surface area (Å²) in [6.07, 6.45) is -2.66. The van der Waals surface area contributed by atoms with E-state index in [9.17, 15) is 19.8 Å². The minimum absolute atomic E-state index is 0.115. The molecular formula is C16H30O9. The first-order valence-corrected chi connectivity index (χ1v) is 8.25. The lowest BCUT2D eigenvalue weighted by molar-refractivity contribution is -0.155. The number of carbonyl (C=O) groups excluding carboxylic acids is 1. The van der Waals surface area contributed by atoms with E-state index in [0.717, 1.165) is 0 Å². The monoisotopic (exact) mass is 366 g/mol. The molecule has 0 rings (SSSR count). The van der Waals surface area contributed by atoms with Gasteiger partial charge in [-0.15, -0.1) is 0 Å². The fraction of sp³-hybridized carbons (Fsp3) is 0.875. The van der Waals surface area contributed by atoms with E-state index in [1.807, 2.05) is 0 Å². The van der Waals surface area contributed by atoms with Crippen molar-refractivity contribution in [3.63, 3.8) is 0 Å². The maximum atomic E-state index is 11.4. The maximum absolute atomic E-state index is 11.4. The van der Waals surface area contributed by atoms with Crippen LogP contribution in [0.5, 0.6) is 0 Å². The average Bonchev–Trinajstić information content (AvgIpc) is 2.49. The van der Waals surface area contributed by atoms with Crippen molar-refractivity contribution in [2.45, 2.75) is 58.0 Å². The van der Waals surface area contributed by atoms with E-state index in [1.54, 1.807) is 20.8 Å². The quantitative estimate of drug-likeness (QED) is 0.342. The number of aliphatic hydroxyl groups is 2. The highest BCUT2D eigenvalue weighted by atomic mass is 16.6. The Hall–Kier alpha value is -1.26. The zero-order valence-electron chi connectivity index (χ0n) is 15.1. The van der Waals surface area contributed by atoms with E-state index in [1.165, 1.54) is 0 Å². The topological polar surface area (TPSA) is 132 Å². The van der Waals surface area contributed by atoms with E-state index in [2.05, 4.69) is 0 Å². The third-order valence-corrected chi connectivity index (χ3v) is 2.77. The summed E-state index contributed by atoms with van der Waals surface area (Å²) in [6, 6.07) is 0. The molecule has 0 bridgehead atoms. The van der Waals surface area contributed by atoms with Crippen molar-refractivity contribution in [1.29, 1.82) is 0 Å². The number of carboxylic acids is 1. The molecule has 25 heavy (non-hydrogen) atoms. The fourth-order valence-electron chi connectivity index (χ4n) is 1.68. The standard InChI is InChI=1S/C16H30O9/c1-11(17)6-22-9-14(24-7-12(2)18)10-23-8-13(3)25-16(21)5-4-15(19)20/h11-14,17-18H,4-10H2,1-3H3,(H,19,20). The fourth-order valence-corrected chi connectivity index (χ4v) is 1.68. The zero-order chi connectivity index (χ0) is 19.2. The smallest absolute Gasteiger partial charge is 0.306 e. The maximum Gasteiger partial charge on any atom is 0.306 e. The second kappa shape index (κ2) is 14.0. The predicted octanol–water partition coefficient (Wildman–Crippen LogP) is -0.0371. The first kappa shape index (κ1) is 23.7. The van der Waals surface area contributed by atoms with Gasteiger partial charge in [0.25, 0.3) is 0 Å². The van der Waals surface area contributed by atoms with E-state index >= 15 is 0 Å². The Kier molecular flexibility index (Phi) is 13.3. The van der Waals surface area contributed by atoms with Gasteiger partial charge in [-0.2, -0.15) is 0 Å². The van der Waals surface area contributed by atoms with Crippen LogP contribution in [-0.4, -0.2) is 84.7 Å². The van der Waals surface area contributed by atoms with E-state index in [-0.39, 0.29) is 45.9 Å². The molecule has 9 heteroatoms. The minimum atomic E-state index is -1.06. The molecule has 0 saturated carbocycles. The Morgan fingerprint density at radius 2 is 1.40 bits per heavy atom. The lowest BCUT2D eigenvalue weighted by atomic mass is 10.3. The van der Waals surface area contributed by atoms with E-state index in [4.69, 9.17) is 24.1 Å². The van der Waals surface area contributed by atoms with Crippen molar-refractivity contribution in [1.82, 2.24) is 0 Å². The molecule has 0 aliphatic heterocycles. The first-order valence-electron chi connectivity index (χ1n) is 8.25. The summed E-state index contributed by atoms with van der Waals surface area (Å²) in [5.41, 5.74) is 0. The lowest BCUT2D eigenvalue weighted by Gasteiger charge is -2.21. The van der Waals surface area contributed by atoms with Crippen LogP contribution in [0.25, 0.3) is 0 Å². The molecule has 0 heterocycles. The molecule has 0 saturated heterocycles. The third-order valence-electron chi connectivity index (χ3n) is 2.77. The molecule has 0 aromatic heterocycles. The van der Waals surface area contributed by atoms with Gasteiger partial charge < -0.3 is 34.3 Å². The Bertz CT molecular complexity index is 371. The number of carbonyl (C=O) groups is 2. The summed E-state index contributed by atoms with van der Waals surface area (Å²) < 4.78 is 21.2. The highest BCUT2D eigenvalue weighted by Gasteiger charge is 2.15. The van der Waals surface area contributed by atoms with Crippen LogP contribution < -0.4 is 0 Å². The molecule has 0 fully saturated rings. The summed E-state index contributed by atoms with van der Waals surface area (Å²) in [6.45, 7) is 5.56. The predicted molar refractivity (Wildman–Crippen MR) is 87.2 cm³/mol. The number of ether oxygens (including phenoxy) is 4. The molecule has 0 aliphatic rings. The van der Waals surface area contributed by atoms with Crippen molar-refractivity contribution in [2.75, 3.05) is 33.0 Å². The summed E-state index contributed by atoms with van der Waals surface area (Å²) in [5.74, 6) is -1.66. The van der Waals surface area contributed by atoms with Crippen LogP contribution in [0.1, 0.15) is 33.6 Å². The molecule has 9 nitrogen and oxygen atoms in total. The van der Waals surface area contributed by atoms with E-state index < -0.39 is 36.4 Å². The van der Waals surface area contributed by atoms with Crippen molar-refractivity contribution in [3.8, 4) is 0 Å². The van der Waals surface area contributed by atoms with Crippen molar-refractivity contribution in [3.05, 3.63) is 0 Å². The van der Waals surface area contributed by atoms with Crippen LogP contribution in [0.2, 0.25) is 0 Å². The van der Waals surface area contributed by atoms with Crippen molar-refractivity contribution >= 4 is 11.9 Å². The molecule has 0 aromatic carbocycles. The normalized spacial score (nSPS) is 16.0. The van der Waals surface area contributed by atoms with Gasteiger partial charge in [0.15, 0.2) is 0 Å². The largest absolute Gasteiger partial charge is 0.481 e. The van der Waals surface area contributed by atoms with Crippen LogP contribution in [0.4, 0.5) is 0 Å². The van der Waals surface area contributed by atoms with Gasteiger partial charge in [0.05, 0.1) is 58.1 Å². The number of esters is 1. The lowest BCUT2D eigenvalue weighted by Crippen LogP contribution is -2.31. The summed E-state index contributed by atoms with van der Waals surface area (Å²) in [4.78, 5) is 21.8. The average molecular weight is 366 g/mol. The Morgan fingerprint density at radius 3 is 1.92 bits per heavy atom. The van der Waals surface area contributed by atoms with Gasteiger partial charge in [-0.05, 0) is 20.8 Å². The molecule has 0 spiro atoms. The highest BCUT2D eigenvalue weighted by molar-refractivity contribution is 5.76. The first-order chi connectivity index (χ1) is 11.7. The van der Waals surface area contributed by atoms with Crippen LogP contribution in [0, 0.1) is 0 Å². The summed E-state index contributed by atoms with van der Waals surface area (Å²) in [5, 5.41) is 26.9. The van der Waals surface area contributed by atoms with Gasteiger partial charge in [-0.3, -0.25) is 9.59 Å². The second-order valence-corrected chi connectivity index (χ2v) is 5.92. The zero-order valence-corrected chi connectivity index (χ0v) is 15.1. The van der Waals surface area contributed by atoms with Crippen molar-refractivity contribution < 1.29 is 43.9 Å². The van der Waals surface area contributed by atoms with Crippen LogP contribution >= 0.6 is 0 Å². The molecule has 0 amide bonds. The Labute approximate surface area is 147 Å². The molecule has 0 radical (unpaired) electrons. The number of aliphatic hydroxyl groups excluding tert-OH is 2. The van der Waals surface area contributed by atoms with Gasteiger partial charge in [-0.25, -0.2) is 0 Å². The molecule has 0 aromatic rings. The summed E-state index contributed by atoms with van der Waals surface area (Å²) in [7, 11) is 0. The Morgan fingerprint density at radius 1 is 0.840 bits per heavy atom. The minimum Gasteiger partial charge on any atom is -0.481 e. The number of hydrogen-bond acceptors (Lipinski definition) is 8. The molecule has 4 unspecified atom stereocenters.